The van der Waals surface area contributed by atoms with Crippen LogP contribution in [-0.4, -0.2) is 25.1 Å². The first-order valence-electron chi connectivity index (χ1n) is 9.06. The van der Waals surface area contributed by atoms with Gasteiger partial charge in [0.2, 0.25) is 5.91 Å². The molecule has 3 aromatic rings. The van der Waals surface area contributed by atoms with Crippen molar-refractivity contribution >= 4 is 22.4 Å². The smallest absolute Gasteiger partial charge is 0.226 e. The van der Waals surface area contributed by atoms with Crippen LogP contribution >= 0.6 is 11.3 Å². The number of rotatable bonds is 7. The second-order valence-electron chi connectivity index (χ2n) is 6.55. The zero-order valence-corrected chi connectivity index (χ0v) is 17.3. The molecule has 0 spiro atoms. The Morgan fingerprint density at radius 1 is 1.11 bits per heavy atom. The highest BCUT2D eigenvalue weighted by Gasteiger charge is 2.17. The van der Waals surface area contributed by atoms with Gasteiger partial charge in [-0.1, -0.05) is 25.1 Å². The average molecular weight is 397 g/mol. The summed E-state index contributed by atoms with van der Waals surface area (Å²) < 4.78 is 10.6. The first-order valence-corrected chi connectivity index (χ1v) is 9.88. The summed E-state index contributed by atoms with van der Waals surface area (Å²) in [6.07, 6.45) is 0.358. The third-order valence-electron chi connectivity index (χ3n) is 4.57. The lowest BCUT2D eigenvalue weighted by atomic mass is 9.96. The van der Waals surface area contributed by atoms with Gasteiger partial charge in [-0.05, 0) is 48.7 Å². The number of nitrogens with zero attached hydrogens (tertiary/aromatic N) is 1. The number of nitrogens with one attached hydrogen (secondary N) is 1. The molecule has 146 valence electrons. The molecule has 2 aromatic carbocycles. The number of benzene rings is 2. The van der Waals surface area contributed by atoms with Crippen molar-refractivity contribution in [3.8, 4) is 22.8 Å². The highest BCUT2D eigenvalue weighted by Crippen LogP contribution is 2.32. The molecule has 0 fully saturated rings. The number of aryl methyl sites for hydroxylation is 1. The van der Waals surface area contributed by atoms with E-state index in [1.807, 2.05) is 62.4 Å². The lowest BCUT2D eigenvalue weighted by molar-refractivity contribution is -0.116. The maximum Gasteiger partial charge on any atom is 0.226 e. The molecule has 0 aliphatic heterocycles. The molecule has 0 bridgehead atoms. The van der Waals surface area contributed by atoms with Gasteiger partial charge in [-0.25, -0.2) is 4.98 Å². The molecule has 0 saturated carbocycles. The Balaban J connectivity index is 1.69. The van der Waals surface area contributed by atoms with Crippen molar-refractivity contribution in [2.75, 3.05) is 19.5 Å². The van der Waals surface area contributed by atoms with E-state index in [1.165, 1.54) is 11.3 Å². The molecule has 6 heteroatoms. The normalized spacial score (nSPS) is 11.7. The molecule has 3 rings (SSSR count). The van der Waals surface area contributed by atoms with Crippen LogP contribution in [0.15, 0.2) is 48.5 Å². The molecular formula is C22H24N2O3S. The first kappa shape index (κ1) is 19.9. The Hall–Kier alpha value is -2.86. The molecule has 1 heterocycles. The van der Waals surface area contributed by atoms with Crippen LogP contribution in [0.4, 0.5) is 5.13 Å². The van der Waals surface area contributed by atoms with Crippen molar-refractivity contribution in [3.05, 3.63) is 59.0 Å². The van der Waals surface area contributed by atoms with Crippen molar-refractivity contribution in [2.24, 2.45) is 0 Å². The number of hydrogen-bond donors (Lipinski definition) is 1. The van der Waals surface area contributed by atoms with Crippen molar-refractivity contribution in [3.63, 3.8) is 0 Å². The number of carbonyl (C=O) groups is 1. The second kappa shape index (κ2) is 8.89. The summed E-state index contributed by atoms with van der Waals surface area (Å²) in [5.74, 6) is 1.58. The maximum absolute atomic E-state index is 12.5. The average Bonchev–Trinajstić information content (AvgIpc) is 3.07. The summed E-state index contributed by atoms with van der Waals surface area (Å²) in [4.78, 5) is 18.2. The van der Waals surface area contributed by atoms with Crippen LogP contribution in [0.1, 0.15) is 29.7 Å². The highest BCUT2D eigenvalue weighted by molar-refractivity contribution is 7.16. The van der Waals surface area contributed by atoms with Crippen LogP contribution in [0.2, 0.25) is 0 Å². The molecule has 0 aliphatic carbocycles. The summed E-state index contributed by atoms with van der Waals surface area (Å²) in [5, 5.41) is 3.55. The first-order chi connectivity index (χ1) is 13.5. The molecule has 1 unspecified atom stereocenters. The van der Waals surface area contributed by atoms with Gasteiger partial charge in [-0.2, -0.15) is 0 Å². The van der Waals surface area contributed by atoms with Crippen molar-refractivity contribution < 1.29 is 14.3 Å². The minimum Gasteiger partial charge on any atom is -0.497 e. The second-order valence-corrected chi connectivity index (χ2v) is 7.75. The Morgan fingerprint density at radius 2 is 1.82 bits per heavy atom. The van der Waals surface area contributed by atoms with Gasteiger partial charge in [-0.15, -0.1) is 11.3 Å². The monoisotopic (exact) mass is 396 g/mol. The number of ether oxygens (including phenoxy) is 2. The Kier molecular flexibility index (Phi) is 6.31. The predicted octanol–water partition coefficient (Wildman–Crippen LogP) is 5.27. The van der Waals surface area contributed by atoms with E-state index in [2.05, 4.69) is 10.3 Å². The SMILES string of the molecule is COc1ccc(-c2nc(NC(=O)CC(C)c3ccccc3OC)sc2C)cc1. The molecule has 1 atom stereocenters. The topological polar surface area (TPSA) is 60.5 Å². The van der Waals surface area contributed by atoms with Crippen molar-refractivity contribution in [2.45, 2.75) is 26.2 Å². The van der Waals surface area contributed by atoms with Gasteiger partial charge in [0.15, 0.2) is 5.13 Å². The van der Waals surface area contributed by atoms with Gasteiger partial charge >= 0.3 is 0 Å². The Bertz CT molecular complexity index is 951. The third kappa shape index (κ3) is 4.51. The van der Waals surface area contributed by atoms with E-state index in [4.69, 9.17) is 9.47 Å². The summed E-state index contributed by atoms with van der Waals surface area (Å²) >= 11 is 1.48. The highest BCUT2D eigenvalue weighted by atomic mass is 32.1. The van der Waals surface area contributed by atoms with Gasteiger partial charge in [0, 0.05) is 16.9 Å². The summed E-state index contributed by atoms with van der Waals surface area (Å²) in [5.41, 5.74) is 2.90. The number of para-hydroxylation sites is 1. The Labute approximate surface area is 169 Å². The number of thiazole rings is 1. The van der Waals surface area contributed by atoms with Crippen LogP contribution in [0, 0.1) is 6.92 Å². The fourth-order valence-electron chi connectivity index (χ4n) is 3.10. The lowest BCUT2D eigenvalue weighted by Gasteiger charge is -2.14. The minimum absolute atomic E-state index is 0.0401. The van der Waals surface area contributed by atoms with Crippen LogP contribution in [-0.2, 0) is 4.79 Å². The molecule has 0 saturated heterocycles. The summed E-state index contributed by atoms with van der Waals surface area (Å²) in [7, 11) is 3.29. The summed E-state index contributed by atoms with van der Waals surface area (Å²) in [6.45, 7) is 4.03. The predicted molar refractivity (Wildman–Crippen MR) is 113 cm³/mol. The molecule has 1 amide bonds. The van der Waals surface area contributed by atoms with Crippen LogP contribution < -0.4 is 14.8 Å². The van der Waals surface area contributed by atoms with E-state index in [0.29, 0.717) is 11.6 Å². The van der Waals surface area contributed by atoms with E-state index in [-0.39, 0.29) is 11.8 Å². The molecule has 5 nitrogen and oxygen atoms in total. The summed E-state index contributed by atoms with van der Waals surface area (Å²) in [6, 6.07) is 15.5. The lowest BCUT2D eigenvalue weighted by Crippen LogP contribution is -2.14. The molecule has 1 N–H and O–H groups in total. The van der Waals surface area contributed by atoms with E-state index < -0.39 is 0 Å². The molecule has 1 aromatic heterocycles. The fraction of sp³-hybridized carbons (Fsp3) is 0.273. The largest absolute Gasteiger partial charge is 0.497 e. The number of aromatic nitrogens is 1. The van der Waals surface area contributed by atoms with Crippen LogP contribution in [0.25, 0.3) is 11.3 Å². The van der Waals surface area contributed by atoms with Gasteiger partial charge in [0.1, 0.15) is 11.5 Å². The van der Waals surface area contributed by atoms with E-state index in [9.17, 15) is 4.79 Å². The standard InChI is InChI=1S/C22H24N2O3S/c1-14(18-7-5-6-8-19(18)27-4)13-20(25)23-22-24-21(15(2)28-22)16-9-11-17(26-3)12-10-16/h5-12,14H,13H2,1-4H3,(H,23,24,25). The van der Waals surface area contributed by atoms with Crippen molar-refractivity contribution in [1.82, 2.24) is 4.98 Å². The van der Waals surface area contributed by atoms with Crippen LogP contribution in [0.5, 0.6) is 11.5 Å². The maximum atomic E-state index is 12.5. The molecule has 28 heavy (non-hydrogen) atoms. The number of hydrogen-bond acceptors (Lipinski definition) is 5. The van der Waals surface area contributed by atoms with Crippen LogP contribution in [0.3, 0.4) is 0 Å². The van der Waals surface area contributed by atoms with Gasteiger partial charge in [0.25, 0.3) is 0 Å². The van der Waals surface area contributed by atoms with Crippen molar-refractivity contribution in [1.29, 1.82) is 0 Å². The number of anilines is 1. The van der Waals surface area contributed by atoms with E-state index >= 15 is 0 Å². The number of amides is 1. The molecule has 0 aliphatic rings. The van der Waals surface area contributed by atoms with Gasteiger partial charge in [-0.3, -0.25) is 4.79 Å². The molecule has 0 radical (unpaired) electrons. The quantitative estimate of drug-likeness (QED) is 0.591. The number of carbonyl (C=O) groups excluding carboxylic acids is 1. The van der Waals surface area contributed by atoms with E-state index in [1.54, 1.807) is 14.2 Å². The van der Waals surface area contributed by atoms with E-state index in [0.717, 1.165) is 33.2 Å². The molecular weight excluding hydrogens is 372 g/mol. The third-order valence-corrected chi connectivity index (χ3v) is 5.45. The minimum atomic E-state index is -0.0616. The number of methoxy groups -OCH3 is 2. The van der Waals surface area contributed by atoms with Gasteiger partial charge < -0.3 is 14.8 Å². The zero-order chi connectivity index (χ0) is 20.1. The van der Waals surface area contributed by atoms with Gasteiger partial charge in [0.05, 0.1) is 19.9 Å². The zero-order valence-electron chi connectivity index (χ0n) is 16.5. The fourth-order valence-corrected chi connectivity index (χ4v) is 3.95. The Morgan fingerprint density at radius 3 is 2.50 bits per heavy atom.